The standard InChI is InChI=1S/C17H21N3O5S/c1-3-25-17(24)13-9-26-14(16(23)20-13)8-15(22)19-12-6-4-11(5-7-12)18-10(2)21/h4-7,13-14H,3,8-9H2,1-2H3,(H,18,21)(H,19,22)(H,20,23)/t13-,14+/m1/s1. The monoisotopic (exact) mass is 379 g/mol. The Bertz CT molecular complexity index is 692. The molecule has 8 nitrogen and oxygen atoms in total. The number of thioether (sulfide) groups is 1. The van der Waals surface area contributed by atoms with E-state index in [0.29, 0.717) is 17.1 Å². The van der Waals surface area contributed by atoms with Crippen LogP contribution in [0, 0.1) is 0 Å². The van der Waals surface area contributed by atoms with Gasteiger partial charge in [0.25, 0.3) is 0 Å². The Morgan fingerprint density at radius 2 is 1.81 bits per heavy atom. The van der Waals surface area contributed by atoms with Gasteiger partial charge in [-0.15, -0.1) is 11.8 Å². The van der Waals surface area contributed by atoms with Crippen molar-refractivity contribution in [2.75, 3.05) is 23.0 Å². The highest BCUT2D eigenvalue weighted by atomic mass is 32.2. The predicted molar refractivity (Wildman–Crippen MR) is 98.8 cm³/mol. The van der Waals surface area contributed by atoms with Crippen LogP contribution in [0.15, 0.2) is 24.3 Å². The average molecular weight is 379 g/mol. The number of esters is 1. The highest BCUT2D eigenvalue weighted by Crippen LogP contribution is 2.22. The Hall–Kier alpha value is -2.55. The van der Waals surface area contributed by atoms with E-state index < -0.39 is 17.3 Å². The topological polar surface area (TPSA) is 114 Å². The van der Waals surface area contributed by atoms with Crippen molar-refractivity contribution in [2.24, 2.45) is 0 Å². The summed E-state index contributed by atoms with van der Waals surface area (Å²) in [4.78, 5) is 46.9. The number of nitrogens with one attached hydrogen (secondary N) is 3. The van der Waals surface area contributed by atoms with Crippen LogP contribution in [0.2, 0.25) is 0 Å². The molecule has 1 fully saturated rings. The summed E-state index contributed by atoms with van der Waals surface area (Å²) in [6, 6.07) is 5.99. The van der Waals surface area contributed by atoms with Gasteiger partial charge >= 0.3 is 5.97 Å². The lowest BCUT2D eigenvalue weighted by Gasteiger charge is -2.27. The second-order valence-corrected chi connectivity index (χ2v) is 6.88. The minimum atomic E-state index is -0.673. The molecule has 2 rings (SSSR count). The van der Waals surface area contributed by atoms with E-state index >= 15 is 0 Å². The molecule has 3 amide bonds. The van der Waals surface area contributed by atoms with Crippen LogP contribution in [0.3, 0.4) is 0 Å². The first-order valence-electron chi connectivity index (χ1n) is 8.15. The lowest BCUT2D eigenvalue weighted by molar-refractivity contribution is -0.146. The largest absolute Gasteiger partial charge is 0.464 e. The Morgan fingerprint density at radius 3 is 2.35 bits per heavy atom. The van der Waals surface area contributed by atoms with E-state index in [4.69, 9.17) is 4.74 Å². The molecule has 1 aromatic rings. The van der Waals surface area contributed by atoms with E-state index in [1.807, 2.05) is 0 Å². The molecule has 0 unspecified atom stereocenters. The van der Waals surface area contributed by atoms with Gasteiger partial charge < -0.3 is 20.7 Å². The molecular formula is C17H21N3O5S. The molecule has 0 spiro atoms. The lowest BCUT2D eigenvalue weighted by Crippen LogP contribution is -2.51. The van der Waals surface area contributed by atoms with Crippen LogP contribution in [-0.4, -0.2) is 47.3 Å². The Morgan fingerprint density at radius 1 is 1.19 bits per heavy atom. The van der Waals surface area contributed by atoms with E-state index in [1.165, 1.54) is 18.7 Å². The van der Waals surface area contributed by atoms with Gasteiger partial charge in [0.1, 0.15) is 6.04 Å². The molecule has 0 aliphatic carbocycles. The normalized spacial score (nSPS) is 19.2. The van der Waals surface area contributed by atoms with Crippen molar-refractivity contribution in [1.29, 1.82) is 0 Å². The van der Waals surface area contributed by atoms with Gasteiger partial charge in [0.15, 0.2) is 0 Å². The zero-order valence-corrected chi connectivity index (χ0v) is 15.4. The fourth-order valence-electron chi connectivity index (χ4n) is 2.34. The number of carbonyl (C=O) groups excluding carboxylic acids is 4. The van der Waals surface area contributed by atoms with Crippen LogP contribution < -0.4 is 16.0 Å². The molecule has 0 radical (unpaired) electrons. The van der Waals surface area contributed by atoms with Crippen LogP contribution in [0.1, 0.15) is 20.3 Å². The number of carbonyl (C=O) groups is 4. The van der Waals surface area contributed by atoms with Crippen molar-refractivity contribution in [1.82, 2.24) is 5.32 Å². The maximum atomic E-state index is 12.1. The van der Waals surface area contributed by atoms with Crippen LogP contribution in [0.4, 0.5) is 11.4 Å². The first-order chi connectivity index (χ1) is 12.4. The zero-order chi connectivity index (χ0) is 19.1. The average Bonchev–Trinajstić information content (AvgIpc) is 2.58. The van der Waals surface area contributed by atoms with Crippen LogP contribution in [0.5, 0.6) is 0 Å². The summed E-state index contributed by atoms with van der Waals surface area (Å²) in [5.74, 6) is -0.928. The van der Waals surface area contributed by atoms with Crippen molar-refractivity contribution in [3.8, 4) is 0 Å². The third-order valence-corrected chi connectivity index (χ3v) is 4.81. The van der Waals surface area contributed by atoms with E-state index in [1.54, 1.807) is 31.2 Å². The Kier molecular flexibility index (Phi) is 7.02. The van der Waals surface area contributed by atoms with Crippen molar-refractivity contribution in [2.45, 2.75) is 31.6 Å². The van der Waals surface area contributed by atoms with Crippen LogP contribution >= 0.6 is 11.8 Å². The molecule has 1 heterocycles. The molecule has 0 saturated carbocycles. The molecule has 0 bridgehead atoms. The number of hydrogen-bond acceptors (Lipinski definition) is 6. The second kappa shape index (κ2) is 9.23. The maximum absolute atomic E-state index is 12.1. The van der Waals surface area contributed by atoms with E-state index in [9.17, 15) is 19.2 Å². The van der Waals surface area contributed by atoms with Gasteiger partial charge in [-0.3, -0.25) is 14.4 Å². The quantitative estimate of drug-likeness (QED) is 0.639. The van der Waals surface area contributed by atoms with Gasteiger partial charge in [0.2, 0.25) is 17.7 Å². The van der Waals surface area contributed by atoms with E-state index in [-0.39, 0.29) is 30.7 Å². The smallest absolute Gasteiger partial charge is 0.329 e. The van der Waals surface area contributed by atoms with Crippen LogP contribution in [0.25, 0.3) is 0 Å². The Labute approximate surface area is 155 Å². The molecule has 2 atom stereocenters. The summed E-state index contributed by atoms with van der Waals surface area (Å²) >= 11 is 1.26. The van der Waals surface area contributed by atoms with Gasteiger partial charge in [-0.05, 0) is 31.2 Å². The molecule has 1 saturated heterocycles. The highest BCUT2D eigenvalue weighted by Gasteiger charge is 2.34. The van der Waals surface area contributed by atoms with Crippen molar-refractivity contribution < 1.29 is 23.9 Å². The lowest BCUT2D eigenvalue weighted by atomic mass is 10.2. The zero-order valence-electron chi connectivity index (χ0n) is 14.5. The molecule has 1 aliphatic heterocycles. The van der Waals surface area contributed by atoms with Crippen molar-refractivity contribution in [3.63, 3.8) is 0 Å². The summed E-state index contributed by atoms with van der Waals surface area (Å²) in [5, 5.41) is 7.38. The second-order valence-electron chi connectivity index (χ2n) is 5.65. The number of ether oxygens (including phenoxy) is 1. The number of benzene rings is 1. The molecule has 140 valence electrons. The van der Waals surface area contributed by atoms with Gasteiger partial charge in [-0.2, -0.15) is 0 Å². The third-order valence-electron chi connectivity index (χ3n) is 3.50. The minimum Gasteiger partial charge on any atom is -0.464 e. The number of amides is 3. The third kappa shape index (κ3) is 5.76. The van der Waals surface area contributed by atoms with Crippen molar-refractivity contribution in [3.05, 3.63) is 24.3 Å². The van der Waals surface area contributed by atoms with Crippen LogP contribution in [-0.2, 0) is 23.9 Å². The maximum Gasteiger partial charge on any atom is 0.329 e. The van der Waals surface area contributed by atoms with Gasteiger partial charge in [-0.1, -0.05) is 0 Å². The molecule has 0 aromatic heterocycles. The first-order valence-corrected chi connectivity index (χ1v) is 9.20. The molecular weight excluding hydrogens is 358 g/mol. The SMILES string of the molecule is CCOC(=O)[C@H]1CS[C@@H](CC(=O)Nc2ccc(NC(C)=O)cc2)C(=O)N1. The van der Waals surface area contributed by atoms with Crippen molar-refractivity contribution >= 4 is 46.8 Å². The predicted octanol–water partition coefficient (Wildman–Crippen LogP) is 1.14. The molecule has 1 aliphatic rings. The Balaban J connectivity index is 1.83. The fraction of sp³-hybridized carbons (Fsp3) is 0.412. The summed E-state index contributed by atoms with van der Waals surface area (Å²) < 4.78 is 4.89. The van der Waals surface area contributed by atoms with Gasteiger partial charge in [-0.25, -0.2) is 4.79 Å². The van der Waals surface area contributed by atoms with E-state index in [0.717, 1.165) is 0 Å². The summed E-state index contributed by atoms with van der Waals surface area (Å²) in [7, 11) is 0. The van der Waals surface area contributed by atoms with Gasteiger partial charge in [0, 0.05) is 30.5 Å². The molecule has 9 heteroatoms. The number of rotatable bonds is 6. The summed E-state index contributed by atoms with van der Waals surface area (Å²) in [6.45, 7) is 3.36. The molecule has 3 N–H and O–H groups in total. The molecule has 26 heavy (non-hydrogen) atoms. The first kappa shape index (κ1) is 19.8. The van der Waals surface area contributed by atoms with E-state index in [2.05, 4.69) is 16.0 Å². The minimum absolute atomic E-state index is 0.000503. The van der Waals surface area contributed by atoms with Gasteiger partial charge in [0.05, 0.1) is 11.9 Å². The highest BCUT2D eigenvalue weighted by molar-refractivity contribution is 8.00. The molecule has 1 aromatic carbocycles. The number of anilines is 2. The fourth-order valence-corrected chi connectivity index (χ4v) is 3.47. The summed E-state index contributed by atoms with van der Waals surface area (Å²) in [5.41, 5.74) is 1.19. The number of hydrogen-bond donors (Lipinski definition) is 3. The summed E-state index contributed by atoms with van der Waals surface area (Å²) in [6.07, 6.45) is -0.000503.